The van der Waals surface area contributed by atoms with Crippen LogP contribution in [0.15, 0.2) is 60.7 Å². The Morgan fingerprint density at radius 3 is 2.22 bits per heavy atom. The molecule has 3 aromatic rings. The summed E-state index contributed by atoms with van der Waals surface area (Å²) in [6, 6.07) is 18.4. The molecule has 3 aromatic carbocycles. The van der Waals surface area contributed by atoms with E-state index in [0.717, 1.165) is 27.6 Å². The van der Waals surface area contributed by atoms with Gasteiger partial charge in [0.15, 0.2) is 0 Å². The van der Waals surface area contributed by atoms with Gasteiger partial charge in [-0.1, -0.05) is 55.8 Å². The standard InChI is InChI=1S/C27H31N3O5S/c1-2-3-26(27(32)33)28-36(34,35)30-16-14-29(15-17-30)24-11-7-20(8-12-24)4-5-21-6-9-23-19-25(31)13-10-22(23)18-21/h4-13,18-19,26,28,31H,2-3,14-17H2,1H3,(H,32,33)/t26-/m0/s1. The van der Waals surface area contributed by atoms with E-state index in [1.807, 2.05) is 61.5 Å². The number of carboxylic acids is 1. The Balaban J connectivity index is 1.35. The van der Waals surface area contributed by atoms with Crippen LogP contribution < -0.4 is 9.62 Å². The molecule has 1 heterocycles. The third kappa shape index (κ3) is 6.23. The highest BCUT2D eigenvalue weighted by Gasteiger charge is 2.31. The molecule has 0 amide bonds. The molecule has 36 heavy (non-hydrogen) atoms. The average molecular weight is 510 g/mol. The Labute approximate surface area is 211 Å². The maximum absolute atomic E-state index is 12.7. The van der Waals surface area contributed by atoms with Gasteiger partial charge in [0.1, 0.15) is 11.8 Å². The minimum Gasteiger partial charge on any atom is -0.508 e. The quantitative estimate of drug-likeness (QED) is 0.377. The van der Waals surface area contributed by atoms with Gasteiger partial charge in [0.25, 0.3) is 10.2 Å². The SMILES string of the molecule is CCC[C@H](NS(=O)(=O)N1CCN(c2ccc(C=Cc3ccc4cc(O)ccc4c3)cc2)CC1)C(=O)O. The summed E-state index contributed by atoms with van der Waals surface area (Å²) in [5.41, 5.74) is 3.12. The van der Waals surface area contributed by atoms with Gasteiger partial charge in [-0.05, 0) is 58.7 Å². The fraction of sp³-hybridized carbons (Fsp3) is 0.296. The number of aliphatic carboxylic acids is 1. The minimum atomic E-state index is -3.86. The van der Waals surface area contributed by atoms with Crippen molar-refractivity contribution in [3.05, 3.63) is 71.8 Å². The van der Waals surface area contributed by atoms with E-state index in [2.05, 4.69) is 15.7 Å². The summed E-state index contributed by atoms with van der Waals surface area (Å²) in [5.74, 6) is -0.904. The number of nitrogens with zero attached hydrogens (tertiary/aromatic N) is 2. The largest absolute Gasteiger partial charge is 0.508 e. The van der Waals surface area contributed by atoms with Crippen LogP contribution in [0.1, 0.15) is 30.9 Å². The van der Waals surface area contributed by atoms with E-state index in [1.54, 1.807) is 12.1 Å². The first-order valence-corrected chi connectivity index (χ1v) is 13.5. The van der Waals surface area contributed by atoms with Crippen LogP contribution >= 0.6 is 0 Å². The summed E-state index contributed by atoms with van der Waals surface area (Å²) in [6.07, 6.45) is 4.91. The molecular weight excluding hydrogens is 478 g/mol. The van der Waals surface area contributed by atoms with E-state index in [-0.39, 0.29) is 25.3 Å². The molecule has 0 aliphatic carbocycles. The average Bonchev–Trinajstić information content (AvgIpc) is 2.87. The summed E-state index contributed by atoms with van der Waals surface area (Å²) in [5, 5.41) is 20.9. The number of hydrogen-bond donors (Lipinski definition) is 3. The lowest BCUT2D eigenvalue weighted by Gasteiger charge is -2.35. The van der Waals surface area contributed by atoms with Gasteiger partial charge in [0.05, 0.1) is 0 Å². The molecule has 9 heteroatoms. The Kier molecular flexibility index (Phi) is 7.93. The zero-order chi connectivity index (χ0) is 25.7. The van der Waals surface area contributed by atoms with Crippen LogP contribution in [0.25, 0.3) is 22.9 Å². The Morgan fingerprint density at radius 1 is 0.944 bits per heavy atom. The molecule has 0 bridgehead atoms. The van der Waals surface area contributed by atoms with Crippen molar-refractivity contribution in [3.63, 3.8) is 0 Å². The predicted octanol–water partition coefficient (Wildman–Crippen LogP) is 3.93. The van der Waals surface area contributed by atoms with Crippen molar-refractivity contribution in [2.45, 2.75) is 25.8 Å². The van der Waals surface area contributed by atoms with Crippen molar-refractivity contribution in [2.24, 2.45) is 0 Å². The highest BCUT2D eigenvalue weighted by atomic mass is 32.2. The minimum absolute atomic E-state index is 0.251. The Morgan fingerprint density at radius 2 is 1.56 bits per heavy atom. The van der Waals surface area contributed by atoms with E-state index < -0.39 is 22.2 Å². The molecule has 3 N–H and O–H groups in total. The number of carboxylic acid groups (broad SMARTS) is 1. The lowest BCUT2D eigenvalue weighted by atomic mass is 10.1. The van der Waals surface area contributed by atoms with Crippen LogP contribution in [0.5, 0.6) is 5.75 Å². The van der Waals surface area contributed by atoms with Crippen LogP contribution in [-0.2, 0) is 15.0 Å². The lowest BCUT2D eigenvalue weighted by molar-refractivity contribution is -0.139. The third-order valence-corrected chi connectivity index (χ3v) is 7.95. The van der Waals surface area contributed by atoms with Crippen LogP contribution in [0, 0.1) is 0 Å². The van der Waals surface area contributed by atoms with Gasteiger partial charge < -0.3 is 15.1 Å². The molecule has 1 saturated heterocycles. The molecule has 190 valence electrons. The normalized spacial score (nSPS) is 16.0. The van der Waals surface area contributed by atoms with E-state index in [9.17, 15) is 23.4 Å². The maximum Gasteiger partial charge on any atom is 0.321 e. The summed E-state index contributed by atoms with van der Waals surface area (Å²) in [7, 11) is -3.86. The fourth-order valence-corrected chi connectivity index (χ4v) is 5.68. The number of carbonyl (C=O) groups is 1. The van der Waals surface area contributed by atoms with Crippen molar-refractivity contribution < 1.29 is 23.4 Å². The van der Waals surface area contributed by atoms with E-state index in [1.165, 1.54) is 4.31 Å². The first-order chi connectivity index (χ1) is 17.2. The Bertz CT molecular complexity index is 1350. The van der Waals surface area contributed by atoms with Crippen LogP contribution in [0.3, 0.4) is 0 Å². The van der Waals surface area contributed by atoms with E-state index in [4.69, 9.17) is 0 Å². The first-order valence-electron chi connectivity index (χ1n) is 12.0. The number of fused-ring (bicyclic) bond motifs is 1. The highest BCUT2D eigenvalue weighted by Crippen LogP contribution is 2.23. The number of rotatable bonds is 9. The number of piperazine rings is 1. The van der Waals surface area contributed by atoms with Gasteiger partial charge in [-0.3, -0.25) is 4.79 Å². The van der Waals surface area contributed by atoms with Crippen molar-refractivity contribution >= 4 is 44.8 Å². The molecule has 1 aliphatic heterocycles. The highest BCUT2D eigenvalue weighted by molar-refractivity contribution is 7.87. The molecule has 0 saturated carbocycles. The van der Waals surface area contributed by atoms with Crippen LogP contribution in [-0.4, -0.2) is 61.1 Å². The summed E-state index contributed by atoms with van der Waals surface area (Å²) in [4.78, 5) is 13.5. The number of nitrogens with one attached hydrogen (secondary N) is 1. The molecule has 1 aliphatic rings. The lowest BCUT2D eigenvalue weighted by Crippen LogP contribution is -2.54. The second kappa shape index (κ2) is 11.1. The monoisotopic (exact) mass is 509 g/mol. The Hall–Kier alpha value is -3.40. The van der Waals surface area contributed by atoms with Gasteiger partial charge in [-0.25, -0.2) is 0 Å². The molecule has 0 radical (unpaired) electrons. The number of benzene rings is 3. The first kappa shape index (κ1) is 25.7. The van der Waals surface area contributed by atoms with Gasteiger partial charge in [-0.2, -0.15) is 17.4 Å². The molecule has 0 aromatic heterocycles. The zero-order valence-corrected chi connectivity index (χ0v) is 21.0. The number of phenolic OH excluding ortho intramolecular Hbond substituents is 1. The van der Waals surface area contributed by atoms with E-state index >= 15 is 0 Å². The molecule has 0 unspecified atom stereocenters. The fourth-order valence-electron chi connectivity index (χ4n) is 4.31. The van der Waals surface area contributed by atoms with Crippen molar-refractivity contribution in [1.82, 2.24) is 9.03 Å². The van der Waals surface area contributed by atoms with Crippen molar-refractivity contribution in [1.29, 1.82) is 0 Å². The molecule has 4 rings (SSSR count). The summed E-state index contributed by atoms with van der Waals surface area (Å²) < 4.78 is 29.0. The smallest absolute Gasteiger partial charge is 0.321 e. The molecular formula is C27H31N3O5S. The number of anilines is 1. The second-order valence-electron chi connectivity index (χ2n) is 8.90. The van der Waals surface area contributed by atoms with Gasteiger partial charge >= 0.3 is 5.97 Å². The van der Waals surface area contributed by atoms with Gasteiger partial charge in [0, 0.05) is 31.9 Å². The molecule has 1 atom stereocenters. The number of hydrogen-bond acceptors (Lipinski definition) is 5. The van der Waals surface area contributed by atoms with E-state index in [0.29, 0.717) is 19.5 Å². The molecule has 1 fully saturated rings. The maximum atomic E-state index is 12.7. The number of phenols is 1. The molecule has 8 nitrogen and oxygen atoms in total. The van der Waals surface area contributed by atoms with Crippen LogP contribution in [0.2, 0.25) is 0 Å². The van der Waals surface area contributed by atoms with Crippen LogP contribution in [0.4, 0.5) is 5.69 Å². The number of aromatic hydroxyl groups is 1. The second-order valence-corrected chi connectivity index (χ2v) is 10.6. The zero-order valence-electron chi connectivity index (χ0n) is 20.2. The topological polar surface area (TPSA) is 110 Å². The van der Waals surface area contributed by atoms with Gasteiger partial charge in [-0.15, -0.1) is 0 Å². The van der Waals surface area contributed by atoms with Gasteiger partial charge in [0.2, 0.25) is 0 Å². The summed E-state index contributed by atoms with van der Waals surface area (Å²) >= 11 is 0. The van der Waals surface area contributed by atoms with Crippen molar-refractivity contribution in [2.75, 3.05) is 31.1 Å². The summed E-state index contributed by atoms with van der Waals surface area (Å²) in [6.45, 7) is 3.44. The van der Waals surface area contributed by atoms with Crippen molar-refractivity contribution in [3.8, 4) is 5.75 Å². The predicted molar refractivity (Wildman–Crippen MR) is 143 cm³/mol. The third-order valence-electron chi connectivity index (χ3n) is 6.32. The molecule has 0 spiro atoms.